The second-order valence-electron chi connectivity index (χ2n) is 22.0. The van der Waals surface area contributed by atoms with Crippen molar-refractivity contribution in [2.45, 2.75) is 166 Å². The summed E-state index contributed by atoms with van der Waals surface area (Å²) in [7, 11) is -1.42. The molecule has 0 saturated carbocycles. The van der Waals surface area contributed by atoms with Crippen molar-refractivity contribution in [2.75, 3.05) is 56.7 Å². The van der Waals surface area contributed by atoms with Crippen LogP contribution >= 0.6 is 11.3 Å². The molecule has 8 bridgehead atoms. The van der Waals surface area contributed by atoms with Gasteiger partial charge in [0.05, 0.1) is 29.0 Å². The van der Waals surface area contributed by atoms with E-state index in [-0.39, 0.29) is 71.1 Å². The van der Waals surface area contributed by atoms with Crippen LogP contribution in [-0.4, -0.2) is 119 Å². The van der Waals surface area contributed by atoms with Gasteiger partial charge in [0, 0.05) is 92.6 Å². The summed E-state index contributed by atoms with van der Waals surface area (Å²) in [5, 5.41) is 8.25. The Kier molecular flexibility index (Phi) is 18.0. The summed E-state index contributed by atoms with van der Waals surface area (Å²) >= 11 is 1.45. The van der Waals surface area contributed by atoms with E-state index in [0.29, 0.717) is 111 Å². The second-order valence-corrected chi connectivity index (χ2v) is 25.3. The highest BCUT2D eigenvalue weighted by Crippen LogP contribution is 2.40. The number of sulfone groups is 1. The van der Waals surface area contributed by atoms with Crippen LogP contribution in [0.2, 0.25) is 0 Å². The molecule has 4 amide bonds. The van der Waals surface area contributed by atoms with Gasteiger partial charge < -0.3 is 24.8 Å². The van der Waals surface area contributed by atoms with Crippen molar-refractivity contribution in [3.05, 3.63) is 85.1 Å². The van der Waals surface area contributed by atoms with Crippen molar-refractivity contribution in [2.24, 2.45) is 5.92 Å². The normalized spacial score (nSPS) is 24.2. The first-order valence-electron chi connectivity index (χ1n) is 27.7. The molecule has 412 valence electrons. The van der Waals surface area contributed by atoms with E-state index < -0.39 is 33.8 Å². The number of imide groups is 1. The lowest BCUT2D eigenvalue weighted by Gasteiger charge is -2.41. The molecule has 0 aliphatic carbocycles. The third kappa shape index (κ3) is 13.2. The average molecular weight is 1090 g/mol. The van der Waals surface area contributed by atoms with Crippen molar-refractivity contribution in [3.63, 3.8) is 0 Å². The number of rotatable bonds is 15. The monoisotopic (exact) mass is 1090 g/mol. The third-order valence-corrected chi connectivity index (χ3v) is 19.2. The second kappa shape index (κ2) is 24.7. The number of fused-ring (bicyclic) bond motifs is 10. The molecule has 4 aromatic rings. The van der Waals surface area contributed by atoms with Crippen molar-refractivity contribution in [1.29, 1.82) is 0 Å². The van der Waals surface area contributed by atoms with Gasteiger partial charge in [0.25, 0.3) is 17.4 Å². The summed E-state index contributed by atoms with van der Waals surface area (Å²) in [4.78, 5) is 81.3. The number of carbonyl (C=O) groups is 4. The molecule has 6 aliphatic heterocycles. The summed E-state index contributed by atoms with van der Waals surface area (Å²) < 4.78 is 64.9. The number of pyridine rings is 1. The molecular weight excluding hydrogens is 1010 g/mol. The largest absolute Gasteiger partial charge is 0.381 e. The molecule has 0 spiro atoms. The molecule has 3 atom stereocenters. The Morgan fingerprint density at radius 2 is 1.68 bits per heavy atom. The molecule has 2 unspecified atom stereocenters. The zero-order chi connectivity index (χ0) is 53.6. The zero-order valence-electron chi connectivity index (χ0n) is 44.0. The highest BCUT2D eigenvalue weighted by molar-refractivity contribution is 7.91. The van der Waals surface area contributed by atoms with Crippen LogP contribution in [0.5, 0.6) is 0 Å². The zero-order valence-corrected chi connectivity index (χ0v) is 45.7. The number of nitrogens with zero attached hydrogens (tertiary/aromatic N) is 6. The number of thiophene rings is 1. The fourth-order valence-electron chi connectivity index (χ4n) is 11.9. The van der Waals surface area contributed by atoms with Crippen LogP contribution in [0.3, 0.4) is 0 Å². The van der Waals surface area contributed by atoms with Crippen LogP contribution in [0.4, 0.5) is 14.6 Å². The first-order valence-corrected chi connectivity index (χ1v) is 30.4. The maximum atomic E-state index is 15.8. The van der Waals surface area contributed by atoms with Gasteiger partial charge in [-0.1, -0.05) is 63.1 Å². The Morgan fingerprint density at radius 3 is 2.45 bits per heavy atom. The van der Waals surface area contributed by atoms with Gasteiger partial charge in [-0.15, -0.1) is 11.3 Å². The number of piperidine rings is 1. The summed E-state index contributed by atoms with van der Waals surface area (Å²) in [6.07, 6.45) is 13.5. The smallest absolute Gasteiger partial charge is 0.273 e. The Bertz CT molecular complexity index is 2910. The van der Waals surface area contributed by atoms with Crippen molar-refractivity contribution in [1.82, 2.24) is 34.6 Å². The van der Waals surface area contributed by atoms with E-state index in [2.05, 4.69) is 20.5 Å². The molecule has 3 fully saturated rings. The van der Waals surface area contributed by atoms with Gasteiger partial charge in [-0.2, -0.15) is 0 Å². The standard InChI is InChI=1S/C56H74F2N8O8S2/c1-37-40-14-13-15-41(28-40)56(57,58)30-38-31-64(32-38)23-11-12-24-74-25-20-42(66-52-44(51(61-37)59-36-60-52)29-43(55(66)71)39-21-26-76(72,73)27-22-39)16-9-7-5-3-4-6-8-10-17-50(68)63(2)34-48-45-33-65(54(70)46(45)35-75-48)47-18-19-49(67)62-53(47)69/h13-15,28-29,35-39,42,47H,3-12,16-27,30-34H2,1-2H3,(H,59,60,61)(H,62,67,69)/t37-,42?,47?/m1/s1. The molecule has 3 saturated heterocycles. The molecule has 10 rings (SSSR count). The third-order valence-electron chi connectivity index (χ3n) is 16.4. The van der Waals surface area contributed by atoms with Gasteiger partial charge in [-0.25, -0.2) is 27.2 Å². The van der Waals surface area contributed by atoms with Crippen LogP contribution in [0, 0.1) is 5.92 Å². The number of anilines is 1. The van der Waals surface area contributed by atoms with Gasteiger partial charge in [0.15, 0.2) is 0 Å². The van der Waals surface area contributed by atoms with Gasteiger partial charge in [0.2, 0.25) is 17.7 Å². The molecule has 3 aromatic heterocycles. The molecule has 1 aromatic carbocycles. The van der Waals surface area contributed by atoms with E-state index in [9.17, 15) is 32.4 Å². The Hall–Kier alpha value is -5.18. The van der Waals surface area contributed by atoms with Crippen LogP contribution in [0.1, 0.15) is 178 Å². The van der Waals surface area contributed by atoms with Crippen LogP contribution in [0.25, 0.3) is 11.0 Å². The summed E-state index contributed by atoms with van der Waals surface area (Å²) in [6.45, 7) is 5.74. The Balaban J connectivity index is 0.814. The summed E-state index contributed by atoms with van der Waals surface area (Å²) in [6, 6.07) is 7.07. The minimum atomic E-state index is -3.20. The van der Waals surface area contributed by atoms with E-state index in [1.54, 1.807) is 29.5 Å². The lowest BCUT2D eigenvalue weighted by atomic mass is 9.89. The molecule has 76 heavy (non-hydrogen) atoms. The molecule has 0 radical (unpaired) electrons. The van der Waals surface area contributed by atoms with E-state index >= 15 is 8.78 Å². The maximum Gasteiger partial charge on any atom is 0.273 e. The molecule has 16 nitrogen and oxygen atoms in total. The minimum absolute atomic E-state index is 0.00822. The fraction of sp³-hybridized carbons (Fsp3) is 0.625. The number of aromatic nitrogens is 3. The number of hydrogen-bond donors (Lipinski definition) is 2. The van der Waals surface area contributed by atoms with Crippen molar-refractivity contribution < 1.29 is 41.1 Å². The highest BCUT2D eigenvalue weighted by Gasteiger charge is 2.42. The van der Waals surface area contributed by atoms with E-state index in [1.807, 2.05) is 23.6 Å². The van der Waals surface area contributed by atoms with Crippen LogP contribution in [0.15, 0.2) is 46.8 Å². The SMILES string of the molecule is C[C@H]1Nc2ncnc3c2cc(C2CCS(=O)(=O)CC2)c(=O)n3C(CCCCCCCCCCC(=O)N(C)Cc2scc3c2CN(C2CCC(=O)NC2=O)C3=O)CCOCCCCN2CC(C2)CC(F)(F)c2cccc1c2. The number of benzene rings is 1. The predicted octanol–water partition coefficient (Wildman–Crippen LogP) is 8.79. The van der Waals surface area contributed by atoms with Crippen molar-refractivity contribution in [3.8, 4) is 0 Å². The number of carbonyl (C=O) groups excluding carboxylic acids is 4. The van der Waals surface area contributed by atoms with Crippen molar-refractivity contribution >= 4 is 61.7 Å². The first-order chi connectivity index (χ1) is 36.5. The lowest BCUT2D eigenvalue weighted by molar-refractivity contribution is -0.137. The van der Waals surface area contributed by atoms with Crippen LogP contribution < -0.4 is 16.2 Å². The first kappa shape index (κ1) is 55.6. The van der Waals surface area contributed by atoms with E-state index in [4.69, 9.17) is 9.72 Å². The summed E-state index contributed by atoms with van der Waals surface area (Å²) in [5.41, 5.74) is 2.93. The van der Waals surface area contributed by atoms with Gasteiger partial charge in [-0.3, -0.25) is 33.9 Å². The number of nitrogens with one attached hydrogen (secondary N) is 2. The molecule has 6 aliphatic rings. The molecule has 2 N–H and O–H groups in total. The molecule has 9 heterocycles. The lowest BCUT2D eigenvalue weighted by Crippen LogP contribution is -2.52. The number of alkyl halides is 2. The predicted molar refractivity (Wildman–Crippen MR) is 288 cm³/mol. The number of halogens is 2. The number of ether oxygens (including phenoxy) is 1. The highest BCUT2D eigenvalue weighted by atomic mass is 32.2. The van der Waals surface area contributed by atoms with Crippen LogP contribution in [-0.2, 0) is 48.0 Å². The number of amides is 4. The number of hydrogen-bond acceptors (Lipinski definition) is 13. The van der Waals surface area contributed by atoms with Gasteiger partial charge in [0.1, 0.15) is 33.7 Å². The topological polar surface area (TPSA) is 193 Å². The Labute approximate surface area is 448 Å². The summed E-state index contributed by atoms with van der Waals surface area (Å²) in [5.74, 6) is -3.77. The van der Waals surface area contributed by atoms with E-state index in [0.717, 1.165) is 81.2 Å². The Morgan fingerprint density at radius 1 is 0.934 bits per heavy atom. The quantitative estimate of drug-likeness (QED) is 0.0851. The maximum absolute atomic E-state index is 15.8. The average Bonchev–Trinajstić information content (AvgIpc) is 3.95. The van der Waals surface area contributed by atoms with Gasteiger partial charge in [-0.05, 0) is 99.9 Å². The number of unbranched alkanes of at least 4 members (excludes halogenated alkanes) is 7. The molecule has 20 heteroatoms. The molecular formula is C56H74F2N8O8S2. The van der Waals surface area contributed by atoms with Gasteiger partial charge >= 0.3 is 0 Å². The van der Waals surface area contributed by atoms with E-state index in [1.165, 1.54) is 28.6 Å². The fourth-order valence-corrected chi connectivity index (χ4v) is 14.5. The minimum Gasteiger partial charge on any atom is -0.381 e.